The van der Waals surface area contributed by atoms with Gasteiger partial charge in [-0.1, -0.05) is 0 Å². The highest BCUT2D eigenvalue weighted by atomic mass is 16.4. The highest BCUT2D eigenvalue weighted by molar-refractivity contribution is 5.96. The van der Waals surface area contributed by atoms with Gasteiger partial charge >= 0.3 is 5.97 Å². The second-order valence-corrected chi connectivity index (χ2v) is 5.27. The van der Waals surface area contributed by atoms with E-state index in [1.807, 2.05) is 0 Å². The van der Waals surface area contributed by atoms with Gasteiger partial charge in [0, 0.05) is 18.0 Å². The van der Waals surface area contributed by atoms with Gasteiger partial charge in [-0.15, -0.1) is 0 Å². The summed E-state index contributed by atoms with van der Waals surface area (Å²) in [6.45, 7) is 1.83. The summed E-state index contributed by atoms with van der Waals surface area (Å²) in [5.74, 6) is -0.195. The van der Waals surface area contributed by atoms with Gasteiger partial charge < -0.3 is 15.7 Å². The molecule has 6 nitrogen and oxygen atoms in total. The lowest BCUT2D eigenvalue weighted by molar-refractivity contribution is 0.0697. The topological polar surface area (TPSA) is 87.1 Å². The van der Waals surface area contributed by atoms with Crippen LogP contribution in [0.5, 0.6) is 0 Å². The van der Waals surface area contributed by atoms with E-state index in [2.05, 4.69) is 20.6 Å². The predicted octanol–water partition coefficient (Wildman–Crippen LogP) is 1.88. The van der Waals surface area contributed by atoms with Crippen molar-refractivity contribution < 1.29 is 9.90 Å². The number of carboxylic acids is 1. The Labute approximate surface area is 122 Å². The molecule has 2 aromatic rings. The van der Waals surface area contributed by atoms with Crippen molar-refractivity contribution in [3.63, 3.8) is 0 Å². The van der Waals surface area contributed by atoms with Crippen molar-refractivity contribution in [1.29, 1.82) is 0 Å². The van der Waals surface area contributed by atoms with Crippen molar-refractivity contribution in [1.82, 2.24) is 15.3 Å². The normalized spacial score (nSPS) is 14.3. The van der Waals surface area contributed by atoms with Gasteiger partial charge in [0.2, 0.25) is 0 Å². The molecule has 1 aliphatic carbocycles. The smallest absolute Gasteiger partial charge is 0.335 e. The number of aromatic carboxylic acids is 1. The number of fused-ring (bicyclic) bond motifs is 1. The van der Waals surface area contributed by atoms with Crippen molar-refractivity contribution in [2.24, 2.45) is 0 Å². The lowest BCUT2D eigenvalue weighted by atomic mass is 10.1. The first-order valence-corrected chi connectivity index (χ1v) is 7.19. The molecule has 3 N–H and O–H groups in total. The van der Waals surface area contributed by atoms with E-state index in [-0.39, 0.29) is 5.56 Å². The van der Waals surface area contributed by atoms with Gasteiger partial charge in [-0.3, -0.25) is 0 Å². The molecule has 1 heterocycles. The first-order chi connectivity index (χ1) is 10.2. The number of hydrogen-bond acceptors (Lipinski definition) is 5. The van der Waals surface area contributed by atoms with E-state index in [4.69, 9.17) is 5.11 Å². The Morgan fingerprint density at radius 1 is 1.29 bits per heavy atom. The summed E-state index contributed by atoms with van der Waals surface area (Å²) in [4.78, 5) is 19.3. The van der Waals surface area contributed by atoms with E-state index in [1.54, 1.807) is 18.2 Å². The highest BCUT2D eigenvalue weighted by Gasteiger charge is 2.19. The molecule has 0 unspecified atom stereocenters. The molecule has 6 heteroatoms. The first-order valence-electron chi connectivity index (χ1n) is 7.19. The van der Waals surface area contributed by atoms with Gasteiger partial charge in [0.1, 0.15) is 12.1 Å². The molecule has 0 saturated heterocycles. The zero-order chi connectivity index (χ0) is 14.7. The zero-order valence-electron chi connectivity index (χ0n) is 11.7. The maximum Gasteiger partial charge on any atom is 0.335 e. The number of nitrogens with zero attached hydrogens (tertiary/aromatic N) is 2. The quantitative estimate of drug-likeness (QED) is 0.674. The van der Waals surface area contributed by atoms with Gasteiger partial charge in [-0.25, -0.2) is 14.8 Å². The molecular weight excluding hydrogens is 268 g/mol. The molecule has 1 fully saturated rings. The number of hydrogen-bond donors (Lipinski definition) is 3. The molecule has 1 aromatic carbocycles. The fourth-order valence-electron chi connectivity index (χ4n) is 2.22. The van der Waals surface area contributed by atoms with Crippen molar-refractivity contribution in [2.75, 3.05) is 18.4 Å². The molecule has 0 amide bonds. The summed E-state index contributed by atoms with van der Waals surface area (Å²) in [5, 5.41) is 16.6. The monoisotopic (exact) mass is 286 g/mol. The van der Waals surface area contributed by atoms with E-state index < -0.39 is 5.97 Å². The van der Waals surface area contributed by atoms with Crippen LogP contribution in [-0.4, -0.2) is 40.2 Å². The number of anilines is 1. The summed E-state index contributed by atoms with van der Waals surface area (Å²) in [6.07, 6.45) is 5.08. The molecule has 1 aliphatic rings. The van der Waals surface area contributed by atoms with Crippen molar-refractivity contribution in [2.45, 2.75) is 25.3 Å². The molecule has 0 radical (unpaired) electrons. The molecule has 0 bridgehead atoms. The lowest BCUT2D eigenvalue weighted by Crippen LogP contribution is -2.20. The van der Waals surface area contributed by atoms with Gasteiger partial charge in [0.15, 0.2) is 0 Å². The second kappa shape index (κ2) is 6.05. The fraction of sp³-hybridized carbons (Fsp3) is 0.400. The molecule has 1 aromatic heterocycles. The number of carbonyl (C=O) groups is 1. The Morgan fingerprint density at radius 2 is 2.14 bits per heavy atom. The summed E-state index contributed by atoms with van der Waals surface area (Å²) < 4.78 is 0. The van der Waals surface area contributed by atoms with Gasteiger partial charge in [-0.05, 0) is 44.0 Å². The SMILES string of the molecule is O=C(O)c1ccc2c(NCCCNC3CC3)ncnc2c1. The van der Waals surface area contributed by atoms with Crippen molar-refractivity contribution in [3.8, 4) is 0 Å². The third-order valence-corrected chi connectivity index (χ3v) is 3.54. The first kappa shape index (κ1) is 13.8. The number of rotatable bonds is 7. The summed E-state index contributed by atoms with van der Waals surface area (Å²) in [6, 6.07) is 5.63. The molecule has 3 rings (SSSR count). The van der Waals surface area contributed by atoms with Crippen LogP contribution < -0.4 is 10.6 Å². The summed E-state index contributed by atoms with van der Waals surface area (Å²) in [5.41, 5.74) is 0.879. The van der Waals surface area contributed by atoms with Crippen LogP contribution in [0.4, 0.5) is 5.82 Å². The minimum Gasteiger partial charge on any atom is -0.478 e. The fourth-order valence-corrected chi connectivity index (χ4v) is 2.22. The second-order valence-electron chi connectivity index (χ2n) is 5.27. The van der Waals surface area contributed by atoms with Crippen LogP contribution in [0.25, 0.3) is 10.9 Å². The third kappa shape index (κ3) is 3.46. The summed E-state index contributed by atoms with van der Waals surface area (Å²) >= 11 is 0. The Hall–Kier alpha value is -2.21. The van der Waals surface area contributed by atoms with E-state index >= 15 is 0 Å². The maximum atomic E-state index is 11.0. The predicted molar refractivity (Wildman–Crippen MR) is 80.6 cm³/mol. The third-order valence-electron chi connectivity index (χ3n) is 3.54. The Bertz CT molecular complexity index is 655. The molecule has 21 heavy (non-hydrogen) atoms. The molecule has 0 spiro atoms. The van der Waals surface area contributed by atoms with Crippen LogP contribution in [0.1, 0.15) is 29.6 Å². The number of carboxylic acid groups (broad SMARTS) is 1. The Morgan fingerprint density at radius 3 is 2.90 bits per heavy atom. The molecule has 110 valence electrons. The van der Waals surface area contributed by atoms with Crippen LogP contribution >= 0.6 is 0 Å². The largest absolute Gasteiger partial charge is 0.478 e. The van der Waals surface area contributed by atoms with E-state index in [0.29, 0.717) is 5.52 Å². The number of aromatic nitrogens is 2. The molecular formula is C15H18N4O2. The average Bonchev–Trinajstić information content (AvgIpc) is 3.30. The van der Waals surface area contributed by atoms with E-state index in [0.717, 1.165) is 36.8 Å². The number of benzene rings is 1. The van der Waals surface area contributed by atoms with Crippen molar-refractivity contribution in [3.05, 3.63) is 30.1 Å². The van der Waals surface area contributed by atoms with Crippen LogP contribution in [0, 0.1) is 0 Å². The van der Waals surface area contributed by atoms with Gasteiger partial charge in [0.05, 0.1) is 11.1 Å². The minimum atomic E-state index is -0.948. The van der Waals surface area contributed by atoms with Crippen LogP contribution in [0.15, 0.2) is 24.5 Å². The van der Waals surface area contributed by atoms with E-state index in [1.165, 1.54) is 19.2 Å². The molecule has 1 saturated carbocycles. The molecule has 0 atom stereocenters. The van der Waals surface area contributed by atoms with Crippen LogP contribution in [-0.2, 0) is 0 Å². The minimum absolute atomic E-state index is 0.237. The highest BCUT2D eigenvalue weighted by Crippen LogP contribution is 2.20. The average molecular weight is 286 g/mol. The van der Waals surface area contributed by atoms with E-state index in [9.17, 15) is 4.79 Å². The standard InChI is InChI=1S/C15H18N4O2/c20-15(21)10-2-5-12-13(8-10)18-9-19-14(12)17-7-1-6-16-11-3-4-11/h2,5,8-9,11,16H,1,3-4,6-7H2,(H,20,21)(H,17,18,19). The number of nitrogens with one attached hydrogen (secondary N) is 2. The summed E-state index contributed by atoms with van der Waals surface area (Å²) in [7, 11) is 0. The molecule has 0 aliphatic heterocycles. The Kier molecular flexibility index (Phi) is 3.96. The van der Waals surface area contributed by atoms with Crippen LogP contribution in [0.2, 0.25) is 0 Å². The maximum absolute atomic E-state index is 11.0. The van der Waals surface area contributed by atoms with Gasteiger partial charge in [0.25, 0.3) is 0 Å². The van der Waals surface area contributed by atoms with Crippen molar-refractivity contribution >= 4 is 22.7 Å². The van der Waals surface area contributed by atoms with Gasteiger partial charge in [-0.2, -0.15) is 0 Å². The van der Waals surface area contributed by atoms with Crippen LogP contribution in [0.3, 0.4) is 0 Å². The lowest BCUT2D eigenvalue weighted by Gasteiger charge is -2.09. The Balaban J connectivity index is 1.65. The zero-order valence-corrected chi connectivity index (χ0v) is 11.7.